The molecular weight excluding hydrogens is 599 g/mol. The van der Waals surface area contributed by atoms with E-state index >= 15 is 0 Å². The number of aromatic hydroxyl groups is 1. The Bertz CT molecular complexity index is 1890. The van der Waals surface area contributed by atoms with E-state index in [2.05, 4.69) is 28.4 Å². The van der Waals surface area contributed by atoms with Crippen LogP contribution in [0.2, 0.25) is 0 Å². The number of nitriles is 2. The van der Waals surface area contributed by atoms with Crippen molar-refractivity contribution in [3.8, 4) is 45.9 Å². The van der Waals surface area contributed by atoms with E-state index in [1.807, 2.05) is 18.2 Å². The molecule has 2 heterocycles. The maximum Gasteiger partial charge on any atom is 0.247 e. The lowest BCUT2D eigenvalue weighted by Gasteiger charge is -2.34. The number of hydroxylamine groups is 1. The Hall–Kier alpha value is -5.49. The van der Waals surface area contributed by atoms with Gasteiger partial charge in [-0.1, -0.05) is 36.4 Å². The number of phenols is 1. The Kier molecular flexibility index (Phi) is 9.03. The summed E-state index contributed by atoms with van der Waals surface area (Å²) < 4.78 is 20.0. The van der Waals surface area contributed by atoms with Gasteiger partial charge in [-0.3, -0.25) is 10.0 Å². The van der Waals surface area contributed by atoms with E-state index in [1.54, 1.807) is 29.9 Å². The van der Waals surface area contributed by atoms with Crippen LogP contribution in [0.3, 0.4) is 0 Å². The van der Waals surface area contributed by atoms with E-state index in [0.29, 0.717) is 53.5 Å². The minimum Gasteiger partial charge on any atom is -0.504 e. The molecule has 3 aromatic carbocycles. The number of methoxy groups -OCH3 is 1. The van der Waals surface area contributed by atoms with Crippen LogP contribution in [-0.4, -0.2) is 47.4 Å². The Morgan fingerprint density at radius 2 is 1.81 bits per heavy atom. The summed E-state index contributed by atoms with van der Waals surface area (Å²) in [5.74, 6) is -0.345. The summed E-state index contributed by atoms with van der Waals surface area (Å²) in [4.78, 5) is 18.4. The van der Waals surface area contributed by atoms with Crippen LogP contribution in [0.5, 0.6) is 11.5 Å². The molecule has 1 amide bonds. The van der Waals surface area contributed by atoms with Gasteiger partial charge in [-0.05, 0) is 71.7 Å². The number of anilines is 1. The van der Waals surface area contributed by atoms with Gasteiger partial charge >= 0.3 is 0 Å². The van der Waals surface area contributed by atoms with E-state index in [0.717, 1.165) is 30.4 Å². The van der Waals surface area contributed by atoms with Crippen molar-refractivity contribution in [2.75, 3.05) is 25.1 Å². The van der Waals surface area contributed by atoms with Crippen LogP contribution in [-0.2, 0) is 11.3 Å². The predicted octanol–water partition coefficient (Wildman–Crippen LogP) is 5.38. The highest BCUT2D eigenvalue weighted by atomic mass is 19.1. The molecule has 238 valence electrons. The van der Waals surface area contributed by atoms with Crippen molar-refractivity contribution < 1.29 is 24.2 Å². The molecule has 47 heavy (non-hydrogen) atoms. The number of halogens is 1. The Labute approximate surface area is 271 Å². The predicted molar refractivity (Wildman–Crippen MR) is 172 cm³/mol. The summed E-state index contributed by atoms with van der Waals surface area (Å²) in [6.07, 6.45) is 4.01. The number of carbonyl (C=O) groups is 1. The largest absolute Gasteiger partial charge is 0.504 e. The van der Waals surface area contributed by atoms with Gasteiger partial charge in [0, 0.05) is 48.9 Å². The molecule has 4 N–H and O–H groups in total. The minimum absolute atomic E-state index is 0.0845. The van der Waals surface area contributed by atoms with Crippen molar-refractivity contribution in [3.63, 3.8) is 0 Å². The second-order valence-corrected chi connectivity index (χ2v) is 11.9. The van der Waals surface area contributed by atoms with Gasteiger partial charge in [0.1, 0.15) is 29.3 Å². The number of aromatic nitrogens is 1. The number of nitrogens with zero attached hydrogens (tertiary/aromatic N) is 4. The Morgan fingerprint density at radius 3 is 2.45 bits per heavy atom. The average molecular weight is 633 g/mol. The molecule has 1 aliphatic carbocycles. The molecule has 1 saturated heterocycles. The SMILES string of the molecule is COc1ccc(-c2cnc(N3CCC(NCc4ccc(C5CC5C(=O)NO)cc4)CC3)c(C#N)c2-c2ccc(C#N)c(F)c2)cc1O. The highest BCUT2D eigenvalue weighted by Gasteiger charge is 2.43. The van der Waals surface area contributed by atoms with Crippen LogP contribution in [0.25, 0.3) is 22.3 Å². The van der Waals surface area contributed by atoms with E-state index in [-0.39, 0.29) is 40.7 Å². The smallest absolute Gasteiger partial charge is 0.247 e. The zero-order valence-corrected chi connectivity index (χ0v) is 25.7. The Morgan fingerprint density at radius 1 is 1.06 bits per heavy atom. The average Bonchev–Trinajstić information content (AvgIpc) is 3.91. The first kappa shape index (κ1) is 31.5. The number of benzene rings is 3. The number of ether oxygens (including phenoxy) is 1. The van der Waals surface area contributed by atoms with Gasteiger partial charge in [0.2, 0.25) is 5.91 Å². The quantitative estimate of drug-likeness (QED) is 0.141. The molecular formula is C36H33FN6O4. The molecule has 0 radical (unpaired) electrons. The van der Waals surface area contributed by atoms with Crippen molar-refractivity contribution in [1.29, 1.82) is 10.5 Å². The van der Waals surface area contributed by atoms with Crippen LogP contribution in [0.1, 0.15) is 47.4 Å². The van der Waals surface area contributed by atoms with Crippen LogP contribution in [0.15, 0.2) is 66.9 Å². The summed E-state index contributed by atoms with van der Waals surface area (Å²) in [5.41, 5.74) is 6.13. The fraction of sp³-hybridized carbons (Fsp3) is 0.278. The number of hydrogen-bond donors (Lipinski definition) is 4. The van der Waals surface area contributed by atoms with E-state index in [9.17, 15) is 24.8 Å². The molecule has 0 spiro atoms. The highest BCUT2D eigenvalue weighted by molar-refractivity contribution is 5.90. The van der Waals surface area contributed by atoms with Crippen LogP contribution >= 0.6 is 0 Å². The summed E-state index contributed by atoms with van der Waals surface area (Å²) in [6, 6.07) is 21.7. The molecule has 2 atom stereocenters. The second kappa shape index (κ2) is 13.5. The number of amides is 1. The van der Waals surface area contributed by atoms with Gasteiger partial charge in [0.05, 0.1) is 12.7 Å². The van der Waals surface area contributed by atoms with Crippen LogP contribution in [0, 0.1) is 34.4 Å². The van der Waals surface area contributed by atoms with E-state index in [4.69, 9.17) is 14.9 Å². The van der Waals surface area contributed by atoms with Gasteiger partial charge < -0.3 is 20.1 Å². The van der Waals surface area contributed by atoms with Crippen molar-refractivity contribution in [2.45, 2.75) is 37.8 Å². The summed E-state index contributed by atoms with van der Waals surface area (Å²) in [7, 11) is 1.45. The van der Waals surface area contributed by atoms with E-state index in [1.165, 1.54) is 25.3 Å². The zero-order chi connectivity index (χ0) is 33.1. The standard InChI is InChI=1S/C36H33FN6O4/c1-47-33-9-8-23(15-32(33)44)30-20-41-35(29(18-39)34(30)24-6-7-25(17-38)31(37)14-24)43-12-10-26(11-13-43)40-19-21-2-4-22(5-3-21)27-16-28(27)36(45)42-46/h2-9,14-15,20,26-28,40,44,46H,10-13,16,19H2,1H3,(H,42,45). The second-order valence-electron chi connectivity index (χ2n) is 11.9. The molecule has 1 aliphatic heterocycles. The van der Waals surface area contributed by atoms with Crippen molar-refractivity contribution in [3.05, 3.63) is 94.9 Å². The monoisotopic (exact) mass is 632 g/mol. The molecule has 2 aliphatic rings. The number of piperidine rings is 1. The number of carbonyl (C=O) groups excluding carboxylic acids is 1. The molecule has 6 rings (SSSR count). The number of phenolic OH excluding ortho intramolecular Hbond substituents is 1. The first-order valence-electron chi connectivity index (χ1n) is 15.4. The van der Waals surface area contributed by atoms with Gasteiger partial charge in [0.25, 0.3) is 0 Å². The third kappa shape index (κ3) is 6.45. The number of pyridine rings is 1. The third-order valence-electron chi connectivity index (χ3n) is 9.07. The lowest BCUT2D eigenvalue weighted by Crippen LogP contribution is -2.42. The van der Waals surface area contributed by atoms with Gasteiger partial charge in [-0.25, -0.2) is 14.9 Å². The number of nitrogens with one attached hydrogen (secondary N) is 2. The van der Waals surface area contributed by atoms with Crippen molar-refractivity contribution >= 4 is 11.7 Å². The van der Waals surface area contributed by atoms with Crippen LogP contribution < -0.4 is 20.4 Å². The number of hydrogen-bond acceptors (Lipinski definition) is 9. The molecule has 2 fully saturated rings. The Balaban J connectivity index is 1.19. The molecule has 1 aromatic heterocycles. The summed E-state index contributed by atoms with van der Waals surface area (Å²) >= 11 is 0. The highest BCUT2D eigenvalue weighted by Crippen LogP contribution is 2.47. The molecule has 11 heteroatoms. The van der Waals surface area contributed by atoms with Gasteiger partial charge in [-0.15, -0.1) is 0 Å². The lowest BCUT2D eigenvalue weighted by molar-refractivity contribution is -0.130. The maximum atomic E-state index is 14.9. The lowest BCUT2D eigenvalue weighted by atomic mass is 9.91. The summed E-state index contributed by atoms with van der Waals surface area (Å²) in [5, 5.41) is 42.7. The van der Waals surface area contributed by atoms with Crippen LogP contribution in [0.4, 0.5) is 10.2 Å². The minimum atomic E-state index is -0.692. The maximum absolute atomic E-state index is 14.9. The fourth-order valence-corrected chi connectivity index (χ4v) is 6.36. The fourth-order valence-electron chi connectivity index (χ4n) is 6.36. The zero-order valence-electron chi connectivity index (χ0n) is 25.7. The normalized spacial score (nSPS) is 17.4. The first-order chi connectivity index (χ1) is 22.8. The molecule has 2 unspecified atom stereocenters. The van der Waals surface area contributed by atoms with Gasteiger partial charge in [-0.2, -0.15) is 10.5 Å². The molecule has 4 aromatic rings. The molecule has 0 bridgehead atoms. The number of rotatable bonds is 9. The topological polar surface area (TPSA) is 155 Å². The first-order valence-corrected chi connectivity index (χ1v) is 15.4. The third-order valence-corrected chi connectivity index (χ3v) is 9.07. The van der Waals surface area contributed by atoms with Crippen molar-refractivity contribution in [2.24, 2.45) is 5.92 Å². The molecule has 10 nitrogen and oxygen atoms in total. The molecule has 1 saturated carbocycles. The van der Waals surface area contributed by atoms with Gasteiger partial charge in [0.15, 0.2) is 11.5 Å². The van der Waals surface area contributed by atoms with E-state index < -0.39 is 5.82 Å². The summed E-state index contributed by atoms with van der Waals surface area (Å²) in [6.45, 7) is 1.99. The van der Waals surface area contributed by atoms with Crippen molar-refractivity contribution in [1.82, 2.24) is 15.8 Å².